The summed E-state index contributed by atoms with van der Waals surface area (Å²) in [6.07, 6.45) is 0. The van der Waals surface area contributed by atoms with E-state index in [-0.39, 0.29) is 11.6 Å². The van der Waals surface area contributed by atoms with E-state index < -0.39 is 4.92 Å². The Morgan fingerprint density at radius 3 is 2.47 bits per heavy atom. The molecular weight excluding hydrogens is 264 g/mol. The van der Waals surface area contributed by atoms with Crippen LogP contribution in [0.15, 0.2) is 48.5 Å². The monoisotopic (exact) mass is 276 g/mol. The summed E-state index contributed by atoms with van der Waals surface area (Å²) in [6, 6.07) is 14.5. The largest absolute Gasteiger partial charge is 0.344 e. The summed E-state index contributed by atoms with van der Waals surface area (Å²) in [5, 5.41) is 10.8. The van der Waals surface area contributed by atoms with E-state index in [2.05, 4.69) is 0 Å². The minimum Gasteiger partial charge on any atom is -0.344 e. The molecule has 4 nitrogen and oxygen atoms in total. The highest BCUT2D eigenvalue weighted by Gasteiger charge is 2.13. The Bertz CT molecular complexity index is 587. The molecule has 0 spiro atoms. The molecule has 0 aliphatic heterocycles. The van der Waals surface area contributed by atoms with Crippen molar-refractivity contribution in [2.45, 2.75) is 5.88 Å². The zero-order valence-electron chi connectivity index (χ0n) is 10.4. The second-order valence-corrected chi connectivity index (χ2v) is 4.37. The number of hydrogen-bond donors (Lipinski definition) is 0. The summed E-state index contributed by atoms with van der Waals surface area (Å²) in [5.41, 5.74) is 2.66. The normalized spacial score (nSPS) is 10.2. The molecule has 0 saturated carbocycles. The Morgan fingerprint density at radius 1 is 1.21 bits per heavy atom. The van der Waals surface area contributed by atoms with Crippen LogP contribution >= 0.6 is 11.6 Å². The lowest BCUT2D eigenvalue weighted by Crippen LogP contribution is -2.11. The van der Waals surface area contributed by atoms with Gasteiger partial charge < -0.3 is 4.90 Å². The molecule has 0 saturated heterocycles. The van der Waals surface area contributed by atoms with Crippen molar-refractivity contribution >= 4 is 28.7 Å². The number of halogens is 1. The molecular formula is C14H13ClN2O2. The summed E-state index contributed by atoms with van der Waals surface area (Å²) in [5.74, 6) is 0.230. The molecule has 19 heavy (non-hydrogen) atoms. The van der Waals surface area contributed by atoms with Gasteiger partial charge in [-0.2, -0.15) is 0 Å². The maximum absolute atomic E-state index is 10.8. The van der Waals surface area contributed by atoms with Crippen LogP contribution < -0.4 is 4.90 Å². The average molecular weight is 277 g/mol. The summed E-state index contributed by atoms with van der Waals surface area (Å²) in [4.78, 5) is 12.3. The Kier molecular flexibility index (Phi) is 4.02. The molecule has 2 aromatic rings. The van der Waals surface area contributed by atoms with Crippen LogP contribution in [0.5, 0.6) is 0 Å². The van der Waals surface area contributed by atoms with Gasteiger partial charge in [0.25, 0.3) is 5.69 Å². The second kappa shape index (κ2) is 5.71. The summed E-state index contributed by atoms with van der Waals surface area (Å²) < 4.78 is 0. The van der Waals surface area contributed by atoms with Crippen LogP contribution in [0, 0.1) is 10.1 Å². The van der Waals surface area contributed by atoms with Crippen LogP contribution in [0.2, 0.25) is 0 Å². The first-order valence-electron chi connectivity index (χ1n) is 5.75. The quantitative estimate of drug-likeness (QED) is 0.480. The first-order chi connectivity index (χ1) is 9.13. The van der Waals surface area contributed by atoms with Gasteiger partial charge in [-0.15, -0.1) is 11.6 Å². The number of hydrogen-bond acceptors (Lipinski definition) is 3. The lowest BCUT2D eigenvalue weighted by atomic mass is 10.1. The highest BCUT2D eigenvalue weighted by molar-refractivity contribution is 6.17. The third kappa shape index (κ3) is 2.85. The molecule has 2 aromatic carbocycles. The van der Waals surface area contributed by atoms with Crippen molar-refractivity contribution in [3.8, 4) is 0 Å². The molecule has 0 amide bonds. The fourth-order valence-corrected chi connectivity index (χ4v) is 2.12. The molecule has 0 heterocycles. The number of benzene rings is 2. The van der Waals surface area contributed by atoms with E-state index in [9.17, 15) is 10.1 Å². The van der Waals surface area contributed by atoms with Gasteiger partial charge in [0, 0.05) is 36.4 Å². The van der Waals surface area contributed by atoms with Crippen LogP contribution in [0.1, 0.15) is 5.56 Å². The van der Waals surface area contributed by atoms with Crippen molar-refractivity contribution in [3.05, 3.63) is 64.2 Å². The molecule has 0 radical (unpaired) electrons. The zero-order valence-corrected chi connectivity index (χ0v) is 11.2. The number of nitrogens with zero attached hydrogens (tertiary/aromatic N) is 2. The molecule has 0 bridgehead atoms. The topological polar surface area (TPSA) is 46.4 Å². The van der Waals surface area contributed by atoms with Crippen LogP contribution in [0.4, 0.5) is 17.1 Å². The van der Waals surface area contributed by atoms with Crippen molar-refractivity contribution in [1.29, 1.82) is 0 Å². The number of nitro benzene ring substituents is 1. The third-order valence-corrected chi connectivity index (χ3v) is 3.21. The second-order valence-electron chi connectivity index (χ2n) is 4.10. The lowest BCUT2D eigenvalue weighted by molar-refractivity contribution is -0.384. The van der Waals surface area contributed by atoms with Gasteiger partial charge in [0.2, 0.25) is 0 Å². The van der Waals surface area contributed by atoms with Gasteiger partial charge in [0.15, 0.2) is 0 Å². The third-order valence-electron chi connectivity index (χ3n) is 2.92. The van der Waals surface area contributed by atoms with E-state index >= 15 is 0 Å². The minimum absolute atomic E-state index is 0.0564. The molecule has 0 aliphatic carbocycles. The standard InChI is InChI=1S/C14H13ClN2O2/c1-16(12-5-3-2-4-6-12)14-8-7-13(17(18)19)9-11(14)10-15/h2-9H,10H2,1H3. The summed E-state index contributed by atoms with van der Waals surface area (Å²) in [7, 11) is 1.91. The number of para-hydroxylation sites is 1. The van der Waals surface area contributed by atoms with E-state index in [4.69, 9.17) is 11.6 Å². The van der Waals surface area contributed by atoms with Crippen molar-refractivity contribution in [2.75, 3.05) is 11.9 Å². The Hall–Kier alpha value is -2.07. The van der Waals surface area contributed by atoms with Gasteiger partial charge in [-0.25, -0.2) is 0 Å². The predicted octanol–water partition coefficient (Wildman–Crippen LogP) is 4.10. The maximum atomic E-state index is 10.8. The first-order valence-corrected chi connectivity index (χ1v) is 6.29. The van der Waals surface area contributed by atoms with Crippen LogP contribution in [-0.4, -0.2) is 12.0 Å². The van der Waals surface area contributed by atoms with Crippen LogP contribution in [0.3, 0.4) is 0 Å². The number of rotatable bonds is 4. The fraction of sp³-hybridized carbons (Fsp3) is 0.143. The van der Waals surface area contributed by atoms with Crippen molar-refractivity contribution in [3.63, 3.8) is 0 Å². The zero-order chi connectivity index (χ0) is 13.8. The maximum Gasteiger partial charge on any atom is 0.269 e. The fourth-order valence-electron chi connectivity index (χ4n) is 1.91. The average Bonchev–Trinajstić information content (AvgIpc) is 2.46. The van der Waals surface area contributed by atoms with Gasteiger partial charge in [0.1, 0.15) is 0 Å². The summed E-state index contributed by atoms with van der Waals surface area (Å²) >= 11 is 5.89. The van der Waals surface area contributed by atoms with Crippen LogP contribution in [0.25, 0.3) is 0 Å². The molecule has 0 unspecified atom stereocenters. The molecule has 0 aliphatic rings. The number of anilines is 2. The lowest BCUT2D eigenvalue weighted by Gasteiger charge is -2.21. The highest BCUT2D eigenvalue weighted by Crippen LogP contribution is 2.30. The first kappa shape index (κ1) is 13.4. The van der Waals surface area contributed by atoms with Crippen LogP contribution in [-0.2, 0) is 5.88 Å². The predicted molar refractivity (Wildman–Crippen MR) is 77.2 cm³/mol. The number of nitro groups is 1. The SMILES string of the molecule is CN(c1ccccc1)c1ccc([N+](=O)[O-])cc1CCl. The van der Waals surface area contributed by atoms with E-state index in [1.165, 1.54) is 12.1 Å². The number of non-ortho nitro benzene ring substituents is 1. The smallest absolute Gasteiger partial charge is 0.269 e. The van der Waals surface area contributed by atoms with E-state index in [0.717, 1.165) is 16.9 Å². The molecule has 0 fully saturated rings. The number of alkyl halides is 1. The molecule has 0 N–H and O–H groups in total. The van der Waals surface area contributed by atoms with Gasteiger partial charge in [-0.1, -0.05) is 18.2 Å². The molecule has 2 rings (SSSR count). The van der Waals surface area contributed by atoms with Crippen molar-refractivity contribution in [1.82, 2.24) is 0 Å². The molecule has 0 atom stereocenters. The van der Waals surface area contributed by atoms with E-state index in [0.29, 0.717) is 0 Å². The minimum atomic E-state index is -0.414. The van der Waals surface area contributed by atoms with Crippen molar-refractivity contribution in [2.24, 2.45) is 0 Å². The van der Waals surface area contributed by atoms with Gasteiger partial charge in [0.05, 0.1) is 4.92 Å². The Morgan fingerprint density at radius 2 is 1.89 bits per heavy atom. The van der Waals surface area contributed by atoms with Gasteiger partial charge in [-0.05, 0) is 23.8 Å². The van der Waals surface area contributed by atoms with Crippen molar-refractivity contribution < 1.29 is 4.92 Å². The molecule has 5 heteroatoms. The van der Waals surface area contributed by atoms with Gasteiger partial charge in [-0.3, -0.25) is 10.1 Å². The molecule has 98 valence electrons. The Labute approximate surface area is 116 Å². The summed E-state index contributed by atoms with van der Waals surface area (Å²) in [6.45, 7) is 0. The molecule has 0 aromatic heterocycles. The van der Waals surface area contributed by atoms with E-state index in [1.807, 2.05) is 42.3 Å². The van der Waals surface area contributed by atoms with Gasteiger partial charge >= 0.3 is 0 Å². The Balaban J connectivity index is 2.42. The van der Waals surface area contributed by atoms with E-state index in [1.54, 1.807) is 6.07 Å². The highest BCUT2D eigenvalue weighted by atomic mass is 35.5.